The van der Waals surface area contributed by atoms with Crippen LogP contribution in [-0.2, 0) is 0 Å². The lowest BCUT2D eigenvalue weighted by atomic mass is 9.91. The third-order valence-corrected chi connectivity index (χ3v) is 4.57. The first-order valence-electron chi connectivity index (χ1n) is 8.25. The number of nitrogens with one attached hydrogen (secondary N) is 1. The van der Waals surface area contributed by atoms with E-state index in [-0.39, 0.29) is 23.6 Å². The molecule has 1 aliphatic carbocycles. The molecule has 1 aliphatic rings. The van der Waals surface area contributed by atoms with Crippen LogP contribution in [0.5, 0.6) is 0 Å². The molecule has 0 aliphatic heterocycles. The summed E-state index contributed by atoms with van der Waals surface area (Å²) in [4.78, 5) is 12.3. The van der Waals surface area contributed by atoms with E-state index < -0.39 is 17.5 Å². The minimum atomic E-state index is -1.49. The summed E-state index contributed by atoms with van der Waals surface area (Å²) >= 11 is 0. The summed E-state index contributed by atoms with van der Waals surface area (Å²) in [6, 6.07) is 8.51. The standard InChI is InChI=1S/C19H19F3N2O/c20-16-9-13(10-17(21)18(16)22)11-1-3-12(4-2-11)19(25)24-15-7-5-14(23)6-8-15/h1-4,9-10,14-15H,5-8,23H2,(H,24,25). The highest BCUT2D eigenvalue weighted by Crippen LogP contribution is 2.24. The van der Waals surface area contributed by atoms with Crippen molar-refractivity contribution >= 4 is 5.91 Å². The van der Waals surface area contributed by atoms with E-state index >= 15 is 0 Å². The molecule has 3 rings (SSSR count). The Morgan fingerprint density at radius 3 is 2.04 bits per heavy atom. The van der Waals surface area contributed by atoms with Gasteiger partial charge in [-0.25, -0.2) is 13.2 Å². The van der Waals surface area contributed by atoms with E-state index in [4.69, 9.17) is 5.73 Å². The maximum atomic E-state index is 13.3. The monoisotopic (exact) mass is 348 g/mol. The fourth-order valence-corrected chi connectivity index (χ4v) is 3.07. The first-order valence-corrected chi connectivity index (χ1v) is 8.25. The lowest BCUT2D eigenvalue weighted by Gasteiger charge is -2.26. The van der Waals surface area contributed by atoms with Gasteiger partial charge in [-0.15, -0.1) is 0 Å². The van der Waals surface area contributed by atoms with E-state index in [0.29, 0.717) is 11.1 Å². The van der Waals surface area contributed by atoms with Gasteiger partial charge in [-0.05, 0) is 61.1 Å². The zero-order valence-corrected chi connectivity index (χ0v) is 13.6. The van der Waals surface area contributed by atoms with Crippen LogP contribution >= 0.6 is 0 Å². The molecule has 25 heavy (non-hydrogen) atoms. The number of rotatable bonds is 3. The number of hydrogen-bond donors (Lipinski definition) is 2. The number of halogens is 3. The molecule has 0 spiro atoms. The average Bonchev–Trinajstić information content (AvgIpc) is 2.61. The van der Waals surface area contributed by atoms with E-state index in [1.807, 2.05) is 0 Å². The van der Waals surface area contributed by atoms with Crippen LogP contribution in [0, 0.1) is 17.5 Å². The van der Waals surface area contributed by atoms with Crippen LogP contribution in [0.3, 0.4) is 0 Å². The minimum Gasteiger partial charge on any atom is -0.349 e. The van der Waals surface area contributed by atoms with E-state index in [0.717, 1.165) is 37.8 Å². The highest BCUT2D eigenvalue weighted by molar-refractivity contribution is 5.94. The molecular weight excluding hydrogens is 329 g/mol. The Kier molecular flexibility index (Phi) is 5.08. The van der Waals surface area contributed by atoms with Crippen molar-refractivity contribution in [3.8, 4) is 11.1 Å². The largest absolute Gasteiger partial charge is 0.349 e. The summed E-state index contributed by atoms with van der Waals surface area (Å²) < 4.78 is 39.7. The molecule has 0 heterocycles. The van der Waals surface area contributed by atoms with Gasteiger partial charge in [-0.3, -0.25) is 4.79 Å². The van der Waals surface area contributed by atoms with Crippen molar-refractivity contribution in [1.82, 2.24) is 5.32 Å². The summed E-state index contributed by atoms with van der Waals surface area (Å²) in [6.07, 6.45) is 3.51. The average molecular weight is 348 g/mol. The van der Waals surface area contributed by atoms with Crippen molar-refractivity contribution in [3.05, 3.63) is 59.4 Å². The summed E-state index contributed by atoms with van der Waals surface area (Å²) in [7, 11) is 0. The Hall–Kier alpha value is -2.34. The SMILES string of the molecule is NC1CCC(NC(=O)c2ccc(-c3cc(F)c(F)c(F)c3)cc2)CC1. The van der Waals surface area contributed by atoms with Gasteiger partial charge in [0.1, 0.15) is 0 Å². The van der Waals surface area contributed by atoms with Gasteiger partial charge in [0.25, 0.3) is 5.91 Å². The summed E-state index contributed by atoms with van der Waals surface area (Å²) in [5.41, 5.74) is 7.02. The van der Waals surface area contributed by atoms with Crippen LogP contribution in [0.2, 0.25) is 0 Å². The molecule has 0 saturated heterocycles. The number of amides is 1. The molecule has 1 amide bonds. The molecule has 6 heteroatoms. The van der Waals surface area contributed by atoms with Crippen LogP contribution in [-0.4, -0.2) is 18.0 Å². The molecule has 0 bridgehead atoms. The number of carbonyl (C=O) groups excluding carboxylic acids is 1. The van der Waals surface area contributed by atoms with Gasteiger partial charge in [-0.1, -0.05) is 12.1 Å². The van der Waals surface area contributed by atoms with Crippen molar-refractivity contribution in [2.75, 3.05) is 0 Å². The van der Waals surface area contributed by atoms with Crippen molar-refractivity contribution in [3.63, 3.8) is 0 Å². The second-order valence-corrected chi connectivity index (χ2v) is 6.42. The Balaban J connectivity index is 1.70. The van der Waals surface area contributed by atoms with Crippen LogP contribution < -0.4 is 11.1 Å². The fourth-order valence-electron chi connectivity index (χ4n) is 3.07. The minimum absolute atomic E-state index is 0.118. The van der Waals surface area contributed by atoms with E-state index in [1.54, 1.807) is 24.3 Å². The molecule has 2 aromatic carbocycles. The van der Waals surface area contributed by atoms with Gasteiger partial charge >= 0.3 is 0 Å². The first-order chi connectivity index (χ1) is 11.9. The van der Waals surface area contributed by atoms with E-state index in [2.05, 4.69) is 5.32 Å². The van der Waals surface area contributed by atoms with Crippen LogP contribution in [0.15, 0.2) is 36.4 Å². The molecule has 132 valence electrons. The summed E-state index contributed by atoms with van der Waals surface area (Å²) in [5.74, 6) is -4.17. The van der Waals surface area contributed by atoms with Crippen molar-refractivity contribution in [1.29, 1.82) is 0 Å². The lowest BCUT2D eigenvalue weighted by molar-refractivity contribution is 0.0926. The Bertz CT molecular complexity index is 746. The molecule has 3 N–H and O–H groups in total. The third kappa shape index (κ3) is 4.02. The van der Waals surface area contributed by atoms with E-state index in [9.17, 15) is 18.0 Å². The van der Waals surface area contributed by atoms with Crippen molar-refractivity contribution < 1.29 is 18.0 Å². The number of nitrogens with two attached hydrogens (primary N) is 1. The Morgan fingerprint density at radius 2 is 1.48 bits per heavy atom. The third-order valence-electron chi connectivity index (χ3n) is 4.57. The Morgan fingerprint density at radius 1 is 0.920 bits per heavy atom. The number of benzene rings is 2. The molecule has 0 unspecified atom stereocenters. The second-order valence-electron chi connectivity index (χ2n) is 6.42. The molecule has 0 aromatic heterocycles. The maximum absolute atomic E-state index is 13.3. The van der Waals surface area contributed by atoms with Crippen LogP contribution in [0.25, 0.3) is 11.1 Å². The van der Waals surface area contributed by atoms with Crippen LogP contribution in [0.1, 0.15) is 36.0 Å². The second kappa shape index (κ2) is 7.27. The highest BCUT2D eigenvalue weighted by atomic mass is 19.2. The number of hydrogen-bond acceptors (Lipinski definition) is 2. The molecule has 1 saturated carbocycles. The number of carbonyl (C=O) groups is 1. The van der Waals surface area contributed by atoms with Crippen molar-refractivity contribution in [2.45, 2.75) is 37.8 Å². The predicted molar refractivity (Wildman–Crippen MR) is 89.4 cm³/mol. The Labute approximate surface area is 144 Å². The van der Waals surface area contributed by atoms with Gasteiger partial charge in [0.05, 0.1) is 0 Å². The van der Waals surface area contributed by atoms with Gasteiger partial charge in [0.2, 0.25) is 0 Å². The molecule has 0 atom stereocenters. The normalized spacial score (nSPS) is 20.3. The quantitative estimate of drug-likeness (QED) is 0.830. The molecule has 1 fully saturated rings. The van der Waals surface area contributed by atoms with Gasteiger partial charge in [-0.2, -0.15) is 0 Å². The molecular formula is C19H19F3N2O. The van der Waals surface area contributed by atoms with Gasteiger partial charge in [0.15, 0.2) is 17.5 Å². The smallest absolute Gasteiger partial charge is 0.251 e. The summed E-state index contributed by atoms with van der Waals surface area (Å²) in [5, 5.41) is 2.98. The highest BCUT2D eigenvalue weighted by Gasteiger charge is 2.20. The summed E-state index contributed by atoms with van der Waals surface area (Å²) in [6.45, 7) is 0. The van der Waals surface area contributed by atoms with Gasteiger partial charge < -0.3 is 11.1 Å². The molecule has 0 radical (unpaired) electrons. The van der Waals surface area contributed by atoms with E-state index in [1.165, 1.54) is 0 Å². The fraction of sp³-hybridized carbons (Fsp3) is 0.316. The zero-order chi connectivity index (χ0) is 18.0. The predicted octanol–water partition coefficient (Wildman–Crippen LogP) is 3.77. The van der Waals surface area contributed by atoms with Crippen LogP contribution in [0.4, 0.5) is 13.2 Å². The zero-order valence-electron chi connectivity index (χ0n) is 13.6. The molecule has 3 nitrogen and oxygen atoms in total. The topological polar surface area (TPSA) is 55.1 Å². The molecule has 2 aromatic rings. The lowest BCUT2D eigenvalue weighted by Crippen LogP contribution is -2.40. The van der Waals surface area contributed by atoms with Gasteiger partial charge in [0, 0.05) is 17.6 Å². The maximum Gasteiger partial charge on any atom is 0.251 e. The van der Waals surface area contributed by atoms with Crippen molar-refractivity contribution in [2.24, 2.45) is 5.73 Å². The first kappa shape index (κ1) is 17.5.